The normalized spacial score (nSPS) is 8.50. The van der Waals surface area contributed by atoms with Crippen molar-refractivity contribution in [3.63, 3.8) is 0 Å². The molecule has 36 nitrogen and oxygen atoms in total. The predicted octanol–water partition coefficient (Wildman–Crippen LogP) is -8.47. The molecule has 0 aliphatic carbocycles. The molecule has 390 valence electrons. The van der Waals surface area contributed by atoms with Gasteiger partial charge in [-0.1, -0.05) is 0 Å². The van der Waals surface area contributed by atoms with Crippen molar-refractivity contribution in [1.82, 2.24) is 0 Å². The van der Waals surface area contributed by atoms with Crippen LogP contribution >= 0.6 is 47.4 Å². The number of hydrogen-bond acceptors (Lipinski definition) is 12. The van der Waals surface area contributed by atoms with Crippen LogP contribution in [0.15, 0.2) is 0 Å². The Hall–Kier alpha value is 3.29. The SMILES string of the molecule is F.F.F.F.F.F.O=P(O)(O)F.O=P(O)(O)F.O=P(O)(O)F.O=P(O)(O)F.O=P(O)(O)F.O=P(O)(O)F.[O]=[Sb]([OH])[OH].[O]=[Sb]([OH])[OH].[O]=[Sb]([OH])[OH].[O]=[Sb]([OH])[OH].[O]=[Sb]([OH])[OH].[O]=[Sb]([OH])[OH]. The van der Waals surface area contributed by atoms with E-state index < -0.39 is 174 Å². The Labute approximate surface area is 368 Å². The molecular weight excluding hydrogens is 1720 g/mol. The van der Waals surface area contributed by atoms with Gasteiger partial charge in [0.25, 0.3) is 0 Å². The third kappa shape index (κ3) is 20600. The summed E-state index contributed by atoms with van der Waals surface area (Å²) in [6.45, 7) is 0. The van der Waals surface area contributed by atoms with Gasteiger partial charge in [0.15, 0.2) is 0 Å². The number of hydrogen-bond donors (Lipinski definition) is 24. The topological polar surface area (TPSA) is 690 Å². The summed E-state index contributed by atoms with van der Waals surface area (Å²) in [4.78, 5) is 83.6. The zero-order valence-corrected chi connectivity index (χ0v) is 46.4. The second kappa shape index (κ2) is 71.3. The molecule has 60 heavy (non-hydrogen) atoms. The van der Waals surface area contributed by atoms with Crippen LogP contribution in [0.3, 0.4) is 0 Å². The first-order valence-corrected chi connectivity index (χ1v) is 37.0. The Kier molecular flexibility index (Phi) is 142. The second-order valence-electron chi connectivity index (χ2n) is 4.35. The third-order valence-corrected chi connectivity index (χ3v) is 0. The fourth-order valence-electron chi connectivity index (χ4n) is 0. The second-order valence-corrected chi connectivity index (χ2v) is 18.7. The van der Waals surface area contributed by atoms with Crippen molar-refractivity contribution in [1.29, 1.82) is 0 Å². The van der Waals surface area contributed by atoms with Gasteiger partial charge in [0.2, 0.25) is 0 Å². The van der Waals surface area contributed by atoms with E-state index in [1.807, 2.05) is 0 Å². The van der Waals surface area contributed by atoms with E-state index >= 15 is 0 Å². The molecule has 60 heteroatoms. The minimum absolute atomic E-state index is 0. The molecular formula is H30F12O36P6Sb6. The van der Waals surface area contributed by atoms with Crippen molar-refractivity contribution in [3.8, 4) is 0 Å². The van der Waals surface area contributed by atoms with Crippen molar-refractivity contribution >= 4 is 174 Å². The van der Waals surface area contributed by atoms with E-state index in [-0.39, 0.29) is 28.2 Å². The predicted molar refractivity (Wildman–Crippen MR) is 159 cm³/mol. The van der Waals surface area contributed by atoms with E-state index in [0.29, 0.717) is 0 Å². The molecule has 0 saturated heterocycles. The molecule has 0 aromatic carbocycles. The molecule has 0 heterocycles. The van der Waals surface area contributed by atoms with Crippen LogP contribution in [0.2, 0.25) is 0 Å². The Bertz CT molecular complexity index is 941. The molecule has 0 spiro atoms. The van der Waals surface area contributed by atoms with Crippen molar-refractivity contribution in [3.05, 3.63) is 0 Å². The molecule has 0 saturated carbocycles. The maximum atomic E-state index is 10.4. The fourth-order valence-corrected chi connectivity index (χ4v) is 0. The fraction of sp³-hybridized carbons (Fsp3) is 0. The van der Waals surface area contributed by atoms with Crippen LogP contribution < -0.4 is 0 Å². The summed E-state index contributed by atoms with van der Waals surface area (Å²) in [7, 11) is -30.8. The van der Waals surface area contributed by atoms with E-state index in [1.54, 1.807) is 0 Å². The molecule has 24 N–H and O–H groups in total. The molecule has 0 rings (SSSR count). The first kappa shape index (κ1) is 120. The van der Waals surface area contributed by atoms with Gasteiger partial charge in [0.1, 0.15) is 0 Å². The molecule has 0 aliphatic rings. The van der Waals surface area contributed by atoms with Gasteiger partial charge >= 0.3 is 232 Å². The van der Waals surface area contributed by atoms with Gasteiger partial charge in [-0.2, -0.15) is 0 Å². The van der Waals surface area contributed by atoms with Crippen LogP contribution in [0.5, 0.6) is 0 Å². The van der Waals surface area contributed by atoms with Gasteiger partial charge in [-0.3, -0.25) is 86.9 Å². The van der Waals surface area contributed by atoms with Crippen molar-refractivity contribution < 1.29 is 198 Å². The van der Waals surface area contributed by atoms with Crippen LogP contribution in [-0.4, -0.2) is 226 Å². The molecule has 0 aromatic rings. The van der Waals surface area contributed by atoms with E-state index in [2.05, 4.69) is 0 Å². The summed E-state index contributed by atoms with van der Waals surface area (Å²) in [5.41, 5.74) is 0. The zero-order valence-electron chi connectivity index (χ0n) is 25.7. The van der Waals surface area contributed by atoms with Gasteiger partial charge < -0.3 is 0 Å². The van der Waals surface area contributed by atoms with Crippen LogP contribution in [0.1, 0.15) is 0 Å². The monoisotopic (exact) mass is 1750 g/mol. The number of halogens is 12. The average molecular weight is 1750 g/mol. The minimum atomic E-state index is -5.14. The van der Waals surface area contributed by atoms with Crippen molar-refractivity contribution in [2.24, 2.45) is 0 Å². The average Bonchev–Trinajstić information content (AvgIpc) is 2.55. The summed E-state index contributed by atoms with van der Waals surface area (Å²) in [5.74, 6) is 0. The van der Waals surface area contributed by atoms with E-state index in [0.717, 1.165) is 0 Å². The van der Waals surface area contributed by atoms with Gasteiger partial charge in [0.05, 0.1) is 0 Å². The van der Waals surface area contributed by atoms with Crippen LogP contribution in [0.25, 0.3) is 0 Å². The van der Waals surface area contributed by atoms with Gasteiger partial charge in [-0.15, -0.1) is 25.2 Å². The Balaban J connectivity index is -0.0000000199. The molecule has 0 unspecified atom stereocenters. The van der Waals surface area contributed by atoms with Gasteiger partial charge in [0, 0.05) is 0 Å². The Morgan fingerprint density at radius 1 is 0.217 bits per heavy atom. The first-order chi connectivity index (χ1) is 22.4. The first-order valence-electron chi connectivity index (χ1n) is 8.01. The summed E-state index contributed by atoms with van der Waals surface area (Å²) in [6, 6.07) is 0. The molecule has 0 fully saturated rings. The molecule has 6 radical (unpaired) electrons. The Morgan fingerprint density at radius 3 is 0.217 bits per heavy atom. The quantitative estimate of drug-likeness (QED) is 0.0608. The van der Waals surface area contributed by atoms with E-state index in [9.17, 15) is 25.2 Å². The molecule has 0 aromatic heterocycles. The van der Waals surface area contributed by atoms with E-state index in [4.69, 9.17) is 145 Å². The molecule has 0 aliphatic heterocycles. The van der Waals surface area contributed by atoms with Gasteiger partial charge in [-0.05, 0) is 0 Å². The molecule has 0 atom stereocenters. The zero-order chi connectivity index (χ0) is 48.5. The number of rotatable bonds is 0. The third-order valence-electron chi connectivity index (χ3n) is 0. The molecule has 0 amide bonds. The summed E-state index contributed by atoms with van der Waals surface area (Å²) in [5, 5.41) is 0. The van der Waals surface area contributed by atoms with Gasteiger partial charge in [-0.25, -0.2) is 27.4 Å². The van der Waals surface area contributed by atoms with Crippen molar-refractivity contribution in [2.45, 2.75) is 0 Å². The van der Waals surface area contributed by atoms with Crippen LogP contribution in [-0.2, 0) is 45.5 Å². The van der Waals surface area contributed by atoms with Crippen LogP contribution in [0.4, 0.5) is 53.4 Å². The standard InChI is InChI=1S/6FH2O3P.6FH.12H2O.6O.6Sb/c6*1-5(2,3)4;;;;;;;;;;;;;;;;;;;;;;;;;;;;;;/h6*(H2,2,3,4);6*1H;12*1H2;;;;;;;;;;;;/q;;;;;;;;;;;;;;;;;;;;;;;;;;;;;;6*+2/p-12. The summed E-state index contributed by atoms with van der Waals surface area (Å²) in [6.07, 6.45) is 0. The molecule has 0 bridgehead atoms. The summed E-state index contributed by atoms with van der Waals surface area (Å²) >= 11 is -22.2. The van der Waals surface area contributed by atoms with Crippen molar-refractivity contribution in [2.75, 3.05) is 0 Å². The maximum absolute atomic E-state index is 10.4. The Morgan fingerprint density at radius 2 is 0.217 bits per heavy atom. The summed E-state index contributed by atoms with van der Waals surface area (Å²) < 4.78 is 254. The van der Waals surface area contributed by atoms with E-state index in [1.165, 1.54) is 0 Å². The van der Waals surface area contributed by atoms with Crippen LogP contribution in [0, 0.1) is 0 Å².